The summed E-state index contributed by atoms with van der Waals surface area (Å²) in [5.74, 6) is 5.27. The van der Waals surface area contributed by atoms with E-state index >= 15 is 0 Å². The summed E-state index contributed by atoms with van der Waals surface area (Å²) in [6, 6.07) is 0. The average molecular weight is 253 g/mol. The molecule has 0 spiro atoms. The SMILES string of the molecule is CCOC(C)(C)CNC(=O)c1cnc(NN)cn1. The number of ether oxygens (including phenoxy) is 1. The average Bonchev–Trinajstić information content (AvgIpc) is 2.36. The molecular formula is C11H19N5O2. The summed E-state index contributed by atoms with van der Waals surface area (Å²) < 4.78 is 5.47. The molecule has 0 saturated carbocycles. The summed E-state index contributed by atoms with van der Waals surface area (Å²) in [6.45, 7) is 6.72. The lowest BCUT2D eigenvalue weighted by Gasteiger charge is -2.24. The molecule has 0 radical (unpaired) electrons. The minimum Gasteiger partial charge on any atom is -0.374 e. The van der Waals surface area contributed by atoms with E-state index in [2.05, 4.69) is 20.7 Å². The van der Waals surface area contributed by atoms with Crippen LogP contribution in [0, 0.1) is 0 Å². The first-order chi connectivity index (χ1) is 8.48. The normalized spacial score (nSPS) is 11.1. The van der Waals surface area contributed by atoms with Gasteiger partial charge in [-0.25, -0.2) is 15.8 Å². The Morgan fingerprint density at radius 3 is 2.67 bits per heavy atom. The van der Waals surface area contributed by atoms with Crippen LogP contribution in [0.3, 0.4) is 0 Å². The lowest BCUT2D eigenvalue weighted by Crippen LogP contribution is -2.40. The third kappa shape index (κ3) is 4.27. The number of nitrogens with zero attached hydrogens (tertiary/aromatic N) is 2. The number of nitrogen functional groups attached to an aromatic ring is 1. The van der Waals surface area contributed by atoms with E-state index in [0.29, 0.717) is 19.0 Å². The fraction of sp³-hybridized carbons (Fsp3) is 0.545. The second-order valence-corrected chi connectivity index (χ2v) is 4.31. The number of aromatic nitrogens is 2. The van der Waals surface area contributed by atoms with Gasteiger partial charge in [0.2, 0.25) is 0 Å². The van der Waals surface area contributed by atoms with E-state index in [4.69, 9.17) is 10.6 Å². The molecule has 7 nitrogen and oxygen atoms in total. The molecule has 7 heteroatoms. The molecule has 0 aliphatic rings. The number of hydrogen-bond donors (Lipinski definition) is 3. The van der Waals surface area contributed by atoms with Crippen LogP contribution < -0.4 is 16.6 Å². The zero-order chi connectivity index (χ0) is 13.6. The van der Waals surface area contributed by atoms with Crippen molar-refractivity contribution < 1.29 is 9.53 Å². The van der Waals surface area contributed by atoms with E-state index in [9.17, 15) is 4.79 Å². The van der Waals surface area contributed by atoms with E-state index in [1.807, 2.05) is 20.8 Å². The van der Waals surface area contributed by atoms with Crippen molar-refractivity contribution in [3.8, 4) is 0 Å². The van der Waals surface area contributed by atoms with Crippen LogP contribution in [0.5, 0.6) is 0 Å². The van der Waals surface area contributed by atoms with E-state index in [1.165, 1.54) is 12.4 Å². The van der Waals surface area contributed by atoms with E-state index < -0.39 is 5.60 Å². The van der Waals surface area contributed by atoms with Crippen LogP contribution in [-0.4, -0.2) is 34.6 Å². The van der Waals surface area contributed by atoms with Crippen LogP contribution in [0.25, 0.3) is 0 Å². The molecule has 4 N–H and O–H groups in total. The van der Waals surface area contributed by atoms with Gasteiger partial charge in [0.15, 0.2) is 5.82 Å². The number of amides is 1. The Balaban J connectivity index is 2.54. The summed E-state index contributed by atoms with van der Waals surface area (Å²) in [5, 5.41) is 2.74. The summed E-state index contributed by atoms with van der Waals surface area (Å²) in [6.07, 6.45) is 2.75. The maximum Gasteiger partial charge on any atom is 0.271 e. The van der Waals surface area contributed by atoms with Crippen molar-refractivity contribution in [3.63, 3.8) is 0 Å². The molecule has 1 amide bonds. The number of hydrogen-bond acceptors (Lipinski definition) is 6. The minimum absolute atomic E-state index is 0.237. The number of carbonyl (C=O) groups excluding carboxylic acids is 1. The number of nitrogens with one attached hydrogen (secondary N) is 2. The molecule has 1 heterocycles. The molecule has 0 aliphatic heterocycles. The second kappa shape index (κ2) is 6.27. The predicted octanol–water partition coefficient (Wildman–Crippen LogP) is 0.307. The van der Waals surface area contributed by atoms with Gasteiger partial charge in [0, 0.05) is 13.2 Å². The van der Waals surface area contributed by atoms with Crippen molar-refractivity contribution in [1.29, 1.82) is 0 Å². The lowest BCUT2D eigenvalue weighted by molar-refractivity contribution is -0.00818. The van der Waals surface area contributed by atoms with Gasteiger partial charge in [0.05, 0.1) is 18.0 Å². The molecule has 0 unspecified atom stereocenters. The van der Waals surface area contributed by atoms with Crippen molar-refractivity contribution in [1.82, 2.24) is 15.3 Å². The van der Waals surface area contributed by atoms with Crippen molar-refractivity contribution in [3.05, 3.63) is 18.1 Å². The van der Waals surface area contributed by atoms with E-state index in [1.54, 1.807) is 0 Å². The van der Waals surface area contributed by atoms with Crippen molar-refractivity contribution in [2.75, 3.05) is 18.6 Å². The second-order valence-electron chi connectivity index (χ2n) is 4.31. The van der Waals surface area contributed by atoms with Crippen LogP contribution in [0.1, 0.15) is 31.3 Å². The molecule has 100 valence electrons. The molecule has 1 rings (SSSR count). The van der Waals surface area contributed by atoms with Crippen LogP contribution in [0.15, 0.2) is 12.4 Å². The molecular weight excluding hydrogens is 234 g/mol. The number of anilines is 1. The third-order valence-electron chi connectivity index (χ3n) is 2.24. The Morgan fingerprint density at radius 2 is 2.17 bits per heavy atom. The largest absolute Gasteiger partial charge is 0.374 e. The Morgan fingerprint density at radius 1 is 1.44 bits per heavy atom. The van der Waals surface area contributed by atoms with Gasteiger partial charge in [-0.1, -0.05) is 0 Å². The molecule has 1 aromatic heterocycles. The fourth-order valence-corrected chi connectivity index (χ4v) is 1.35. The van der Waals surface area contributed by atoms with Gasteiger partial charge < -0.3 is 15.5 Å². The molecule has 18 heavy (non-hydrogen) atoms. The Hall–Kier alpha value is -1.73. The van der Waals surface area contributed by atoms with E-state index in [0.717, 1.165) is 0 Å². The van der Waals surface area contributed by atoms with Gasteiger partial charge in [-0.15, -0.1) is 0 Å². The first-order valence-electron chi connectivity index (χ1n) is 5.69. The quantitative estimate of drug-likeness (QED) is 0.498. The van der Waals surface area contributed by atoms with Crippen molar-refractivity contribution in [2.45, 2.75) is 26.4 Å². The van der Waals surface area contributed by atoms with Crippen LogP contribution in [-0.2, 0) is 4.74 Å². The lowest BCUT2D eigenvalue weighted by atomic mass is 10.1. The predicted molar refractivity (Wildman–Crippen MR) is 67.9 cm³/mol. The van der Waals surface area contributed by atoms with Gasteiger partial charge >= 0.3 is 0 Å². The fourth-order valence-electron chi connectivity index (χ4n) is 1.35. The number of nitrogens with two attached hydrogens (primary N) is 1. The van der Waals surface area contributed by atoms with Crippen LogP contribution in [0.2, 0.25) is 0 Å². The monoisotopic (exact) mass is 253 g/mol. The maximum atomic E-state index is 11.8. The molecule has 0 bridgehead atoms. The Kier molecular flexibility index (Phi) is 4.99. The number of hydrazine groups is 1. The molecule has 0 saturated heterocycles. The van der Waals surface area contributed by atoms with Crippen molar-refractivity contribution >= 4 is 11.7 Å². The topological polar surface area (TPSA) is 102 Å². The zero-order valence-corrected chi connectivity index (χ0v) is 10.9. The summed E-state index contributed by atoms with van der Waals surface area (Å²) in [4.78, 5) is 19.6. The highest BCUT2D eigenvalue weighted by atomic mass is 16.5. The first-order valence-corrected chi connectivity index (χ1v) is 5.69. The third-order valence-corrected chi connectivity index (χ3v) is 2.24. The number of rotatable bonds is 6. The molecule has 1 aromatic rings. The van der Waals surface area contributed by atoms with Gasteiger partial charge in [-0.2, -0.15) is 0 Å². The zero-order valence-electron chi connectivity index (χ0n) is 10.9. The van der Waals surface area contributed by atoms with Gasteiger partial charge in [-0.3, -0.25) is 4.79 Å². The van der Waals surface area contributed by atoms with Crippen LogP contribution in [0.4, 0.5) is 5.82 Å². The van der Waals surface area contributed by atoms with Gasteiger partial charge in [0.25, 0.3) is 5.91 Å². The van der Waals surface area contributed by atoms with Crippen LogP contribution >= 0.6 is 0 Å². The standard InChI is InChI=1S/C11H19N5O2/c1-4-18-11(2,3)7-15-10(17)8-5-14-9(16-12)6-13-8/h5-6H,4,7,12H2,1-3H3,(H,14,16)(H,15,17). The van der Waals surface area contributed by atoms with Gasteiger partial charge in [-0.05, 0) is 20.8 Å². The molecule has 0 aromatic carbocycles. The van der Waals surface area contributed by atoms with Crippen molar-refractivity contribution in [2.24, 2.45) is 5.84 Å². The minimum atomic E-state index is -0.406. The summed E-state index contributed by atoms with van der Waals surface area (Å²) >= 11 is 0. The smallest absolute Gasteiger partial charge is 0.271 e. The molecule has 0 fully saturated rings. The Labute approximate surface area is 106 Å². The van der Waals surface area contributed by atoms with E-state index in [-0.39, 0.29) is 11.6 Å². The summed E-state index contributed by atoms with van der Waals surface area (Å²) in [5.41, 5.74) is 2.17. The summed E-state index contributed by atoms with van der Waals surface area (Å²) in [7, 11) is 0. The first kappa shape index (κ1) is 14.3. The molecule has 0 atom stereocenters. The Bertz CT molecular complexity index is 391. The highest BCUT2D eigenvalue weighted by molar-refractivity contribution is 5.92. The maximum absolute atomic E-state index is 11.8. The number of carbonyl (C=O) groups is 1. The highest BCUT2D eigenvalue weighted by Gasteiger charge is 2.19. The van der Waals surface area contributed by atoms with Gasteiger partial charge in [0.1, 0.15) is 5.69 Å². The molecule has 0 aliphatic carbocycles. The highest BCUT2D eigenvalue weighted by Crippen LogP contribution is 2.07.